The third-order valence-electron chi connectivity index (χ3n) is 1.43. The fourth-order valence-electron chi connectivity index (χ4n) is 0.881. The Hall–Kier alpha value is -0.660. The first-order valence-corrected chi connectivity index (χ1v) is 2.91. The molecule has 1 aliphatic rings. The molecule has 0 bridgehead atoms. The molecule has 0 atom stereocenters. The first-order chi connectivity index (χ1) is 3.83. The van der Waals surface area contributed by atoms with E-state index in [2.05, 4.69) is 23.5 Å². The molecule has 0 saturated carbocycles. The monoisotopic (exact) mass is 112 g/mol. The van der Waals surface area contributed by atoms with E-state index in [9.17, 15) is 0 Å². The highest BCUT2D eigenvalue weighted by atomic mass is 15.1. The van der Waals surface area contributed by atoms with Gasteiger partial charge in [0.1, 0.15) is 0 Å². The SMILES string of the molecule is CNC1=CN(C)CC1. The fourth-order valence-corrected chi connectivity index (χ4v) is 0.881. The molecule has 1 aliphatic heterocycles. The predicted octanol–water partition coefficient (Wildman–Crippen LogP) is 0.383. The molecule has 1 heterocycles. The van der Waals surface area contributed by atoms with Gasteiger partial charge in [0, 0.05) is 39.0 Å². The summed E-state index contributed by atoms with van der Waals surface area (Å²) in [6.45, 7) is 1.16. The number of nitrogens with one attached hydrogen (secondary N) is 1. The van der Waals surface area contributed by atoms with Crippen molar-refractivity contribution in [3.8, 4) is 0 Å². The van der Waals surface area contributed by atoms with Gasteiger partial charge in [-0.05, 0) is 0 Å². The van der Waals surface area contributed by atoms with E-state index >= 15 is 0 Å². The van der Waals surface area contributed by atoms with Crippen LogP contribution in [0.25, 0.3) is 0 Å². The zero-order chi connectivity index (χ0) is 5.98. The molecule has 1 N–H and O–H groups in total. The standard InChI is InChI=1S/C6H12N2/c1-7-6-3-4-8(2)5-6/h5,7H,3-4H2,1-2H3. The summed E-state index contributed by atoms with van der Waals surface area (Å²) in [4.78, 5) is 2.19. The molecule has 0 saturated heterocycles. The van der Waals surface area contributed by atoms with Crippen molar-refractivity contribution < 1.29 is 0 Å². The minimum atomic E-state index is 1.16. The number of rotatable bonds is 1. The van der Waals surface area contributed by atoms with Crippen LogP contribution in [0.4, 0.5) is 0 Å². The number of hydrogen-bond acceptors (Lipinski definition) is 2. The van der Waals surface area contributed by atoms with Crippen LogP contribution in [-0.2, 0) is 0 Å². The first kappa shape index (κ1) is 5.48. The van der Waals surface area contributed by atoms with E-state index in [0.29, 0.717) is 0 Å². The summed E-state index contributed by atoms with van der Waals surface area (Å²) in [5, 5.41) is 3.11. The lowest BCUT2D eigenvalue weighted by Crippen LogP contribution is -2.04. The largest absolute Gasteiger partial charge is 0.390 e. The molecule has 0 aliphatic carbocycles. The molecule has 0 amide bonds. The second-order valence-corrected chi connectivity index (χ2v) is 2.13. The van der Waals surface area contributed by atoms with Crippen LogP contribution >= 0.6 is 0 Å². The van der Waals surface area contributed by atoms with E-state index in [-0.39, 0.29) is 0 Å². The third kappa shape index (κ3) is 0.941. The van der Waals surface area contributed by atoms with E-state index in [4.69, 9.17) is 0 Å². The molecule has 0 radical (unpaired) electrons. The Morgan fingerprint density at radius 1 is 1.75 bits per heavy atom. The Labute approximate surface area is 50.2 Å². The lowest BCUT2D eigenvalue weighted by Gasteiger charge is -2.01. The molecule has 0 aromatic heterocycles. The Morgan fingerprint density at radius 2 is 2.50 bits per heavy atom. The minimum Gasteiger partial charge on any atom is -0.390 e. The van der Waals surface area contributed by atoms with Gasteiger partial charge in [0.05, 0.1) is 0 Å². The lowest BCUT2D eigenvalue weighted by atomic mass is 10.4. The summed E-state index contributed by atoms with van der Waals surface area (Å²) in [6.07, 6.45) is 3.31. The van der Waals surface area contributed by atoms with Gasteiger partial charge in [-0.3, -0.25) is 0 Å². The molecular formula is C6H12N2. The van der Waals surface area contributed by atoms with Gasteiger partial charge in [0.2, 0.25) is 0 Å². The van der Waals surface area contributed by atoms with Crippen LogP contribution in [0.2, 0.25) is 0 Å². The van der Waals surface area contributed by atoms with Crippen molar-refractivity contribution in [2.45, 2.75) is 6.42 Å². The lowest BCUT2D eigenvalue weighted by molar-refractivity contribution is 0.496. The normalized spacial score (nSPS) is 18.8. The highest BCUT2D eigenvalue weighted by Gasteiger charge is 2.04. The molecule has 0 unspecified atom stereocenters. The topological polar surface area (TPSA) is 15.3 Å². The molecule has 1 rings (SSSR count). The number of nitrogens with zero attached hydrogens (tertiary/aromatic N) is 1. The predicted molar refractivity (Wildman–Crippen MR) is 34.4 cm³/mol. The highest BCUT2D eigenvalue weighted by molar-refractivity contribution is 5.03. The molecule has 46 valence electrons. The van der Waals surface area contributed by atoms with E-state index in [1.54, 1.807) is 0 Å². The van der Waals surface area contributed by atoms with Crippen molar-refractivity contribution in [2.75, 3.05) is 20.6 Å². The molecule has 0 spiro atoms. The third-order valence-corrected chi connectivity index (χ3v) is 1.43. The molecule has 8 heavy (non-hydrogen) atoms. The Bertz CT molecular complexity index is 107. The van der Waals surface area contributed by atoms with Crippen LogP contribution in [0, 0.1) is 0 Å². The maximum atomic E-state index is 3.11. The second kappa shape index (κ2) is 2.07. The van der Waals surface area contributed by atoms with Crippen LogP contribution in [0.1, 0.15) is 6.42 Å². The van der Waals surface area contributed by atoms with Crippen molar-refractivity contribution in [2.24, 2.45) is 0 Å². The Balaban J connectivity index is 2.44. The van der Waals surface area contributed by atoms with Gasteiger partial charge in [0.25, 0.3) is 0 Å². The van der Waals surface area contributed by atoms with Crippen LogP contribution in [0.3, 0.4) is 0 Å². The van der Waals surface area contributed by atoms with Gasteiger partial charge in [0.15, 0.2) is 0 Å². The molecule has 0 aromatic rings. The van der Waals surface area contributed by atoms with Crippen molar-refractivity contribution in [1.82, 2.24) is 10.2 Å². The highest BCUT2D eigenvalue weighted by Crippen LogP contribution is 2.06. The second-order valence-electron chi connectivity index (χ2n) is 2.13. The quantitative estimate of drug-likeness (QED) is 0.527. The van der Waals surface area contributed by atoms with Crippen molar-refractivity contribution in [1.29, 1.82) is 0 Å². The summed E-state index contributed by atoms with van der Waals surface area (Å²) in [7, 11) is 4.05. The van der Waals surface area contributed by atoms with Crippen LogP contribution in [0.15, 0.2) is 11.9 Å². The van der Waals surface area contributed by atoms with Gasteiger partial charge in [-0.1, -0.05) is 0 Å². The molecule has 2 heteroatoms. The maximum Gasteiger partial charge on any atom is 0.0283 e. The Kier molecular flexibility index (Phi) is 1.42. The van der Waals surface area contributed by atoms with Gasteiger partial charge in [-0.25, -0.2) is 0 Å². The van der Waals surface area contributed by atoms with E-state index in [1.165, 1.54) is 12.1 Å². The Morgan fingerprint density at radius 3 is 2.75 bits per heavy atom. The summed E-state index contributed by atoms with van der Waals surface area (Å²) in [5.74, 6) is 0. The molecular weight excluding hydrogens is 100 g/mol. The van der Waals surface area contributed by atoms with Gasteiger partial charge >= 0.3 is 0 Å². The van der Waals surface area contributed by atoms with E-state index < -0.39 is 0 Å². The fraction of sp³-hybridized carbons (Fsp3) is 0.667. The zero-order valence-corrected chi connectivity index (χ0v) is 5.44. The van der Waals surface area contributed by atoms with Gasteiger partial charge in [-0.15, -0.1) is 0 Å². The summed E-state index contributed by atoms with van der Waals surface area (Å²) in [5.41, 5.74) is 1.34. The average Bonchev–Trinajstić information content (AvgIpc) is 2.14. The minimum absolute atomic E-state index is 1.16. The van der Waals surface area contributed by atoms with E-state index in [0.717, 1.165) is 6.54 Å². The van der Waals surface area contributed by atoms with Crippen LogP contribution in [-0.4, -0.2) is 25.5 Å². The van der Waals surface area contributed by atoms with Crippen molar-refractivity contribution >= 4 is 0 Å². The average molecular weight is 112 g/mol. The van der Waals surface area contributed by atoms with Crippen molar-refractivity contribution in [3.63, 3.8) is 0 Å². The van der Waals surface area contributed by atoms with Gasteiger partial charge in [-0.2, -0.15) is 0 Å². The zero-order valence-electron chi connectivity index (χ0n) is 5.44. The maximum absolute atomic E-state index is 3.11. The molecule has 0 fully saturated rings. The summed E-state index contributed by atoms with van der Waals surface area (Å²) >= 11 is 0. The summed E-state index contributed by atoms with van der Waals surface area (Å²) in [6, 6.07) is 0. The van der Waals surface area contributed by atoms with Crippen LogP contribution < -0.4 is 5.32 Å². The first-order valence-electron chi connectivity index (χ1n) is 2.91. The molecule has 2 nitrogen and oxygen atoms in total. The van der Waals surface area contributed by atoms with Crippen LogP contribution in [0.5, 0.6) is 0 Å². The smallest absolute Gasteiger partial charge is 0.0283 e. The van der Waals surface area contributed by atoms with E-state index in [1.807, 2.05) is 7.05 Å². The molecule has 0 aromatic carbocycles. The van der Waals surface area contributed by atoms with Crippen molar-refractivity contribution in [3.05, 3.63) is 11.9 Å². The summed E-state index contributed by atoms with van der Waals surface area (Å²) < 4.78 is 0. The number of hydrogen-bond donors (Lipinski definition) is 1. The van der Waals surface area contributed by atoms with Gasteiger partial charge < -0.3 is 10.2 Å².